The molecule has 2 fully saturated rings. The minimum Gasteiger partial charge on any atom is -0.418 e. The first-order valence-electron chi connectivity index (χ1n) is 11.3. The number of rotatable bonds is 6. The highest BCUT2D eigenvalue weighted by Gasteiger charge is 2.29. The first kappa shape index (κ1) is 20.6. The smallest absolute Gasteiger partial charge is 0.257 e. The second-order valence-corrected chi connectivity index (χ2v) is 9.53. The summed E-state index contributed by atoms with van der Waals surface area (Å²) in [5.74, 6) is 3.16. The molecule has 3 aromatic rings. The lowest BCUT2D eigenvalue weighted by atomic mass is 9.96. The van der Waals surface area contributed by atoms with Crippen LogP contribution in [0.3, 0.4) is 0 Å². The lowest BCUT2D eigenvalue weighted by Crippen LogP contribution is -2.50. The molecule has 0 N–H and O–H groups in total. The van der Waals surface area contributed by atoms with E-state index in [1.54, 1.807) is 11.3 Å². The van der Waals surface area contributed by atoms with Crippen molar-refractivity contribution in [2.75, 3.05) is 50.7 Å². The van der Waals surface area contributed by atoms with Crippen LogP contribution in [0.1, 0.15) is 31.7 Å². The Morgan fingerprint density at radius 2 is 2.00 bits per heavy atom. The Morgan fingerprint density at radius 3 is 2.77 bits per heavy atom. The van der Waals surface area contributed by atoms with Crippen LogP contribution in [0.5, 0.6) is 0 Å². The summed E-state index contributed by atoms with van der Waals surface area (Å²) < 4.78 is 6.01. The first-order chi connectivity index (χ1) is 15.3. The van der Waals surface area contributed by atoms with Gasteiger partial charge in [-0.2, -0.15) is 0 Å². The number of piperidine rings is 1. The predicted molar refractivity (Wildman–Crippen MR) is 123 cm³/mol. The molecule has 2 aliphatic rings. The van der Waals surface area contributed by atoms with E-state index in [9.17, 15) is 0 Å². The normalized spacial score (nSPS) is 22.0. The molecular formula is C23H30N6OS. The largest absolute Gasteiger partial charge is 0.418 e. The molecule has 31 heavy (non-hydrogen) atoms. The number of hydrogen-bond acceptors (Lipinski definition) is 8. The lowest BCUT2D eigenvalue weighted by Gasteiger charge is -2.40. The number of hydrogen-bond donors (Lipinski definition) is 0. The summed E-state index contributed by atoms with van der Waals surface area (Å²) in [5, 5.41) is 10.7. The van der Waals surface area contributed by atoms with Crippen LogP contribution in [0.25, 0.3) is 10.8 Å². The van der Waals surface area contributed by atoms with E-state index < -0.39 is 0 Å². The third-order valence-corrected chi connectivity index (χ3v) is 7.35. The standard InChI is InChI=1S/C23H30N6OS/c1-18(22-25-26-23(30-22)20-7-5-15-31-20)29-10-4-6-19(17-29)16-27-11-13-28(14-12-27)21-8-2-3-9-24-21/h2-3,5,7-9,15,18-19H,4,6,10-14,16-17H2,1H3. The fourth-order valence-electron chi connectivity index (χ4n) is 4.72. The van der Waals surface area contributed by atoms with E-state index in [0.717, 1.165) is 55.9 Å². The number of pyridine rings is 1. The molecule has 7 nitrogen and oxygen atoms in total. The molecule has 164 valence electrons. The van der Waals surface area contributed by atoms with Gasteiger partial charge in [0.05, 0.1) is 10.9 Å². The molecule has 2 atom stereocenters. The predicted octanol–water partition coefficient (Wildman–Crippen LogP) is 3.79. The first-order valence-corrected chi connectivity index (χ1v) is 12.1. The van der Waals surface area contributed by atoms with Gasteiger partial charge in [-0.1, -0.05) is 12.1 Å². The Hall–Kier alpha value is -2.29. The fraction of sp³-hybridized carbons (Fsp3) is 0.522. The second-order valence-electron chi connectivity index (χ2n) is 8.58. The van der Waals surface area contributed by atoms with Crippen molar-refractivity contribution >= 4 is 17.2 Å². The highest BCUT2D eigenvalue weighted by Crippen LogP contribution is 2.30. The minimum absolute atomic E-state index is 0.157. The van der Waals surface area contributed by atoms with Crippen LogP contribution >= 0.6 is 11.3 Å². The van der Waals surface area contributed by atoms with Crippen molar-refractivity contribution in [3.05, 3.63) is 47.8 Å². The molecular weight excluding hydrogens is 408 g/mol. The molecule has 3 aromatic heterocycles. The summed E-state index contributed by atoms with van der Waals surface area (Å²) in [4.78, 5) is 13.1. The van der Waals surface area contributed by atoms with Gasteiger partial charge in [0.25, 0.3) is 5.89 Å². The Balaban J connectivity index is 1.14. The lowest BCUT2D eigenvalue weighted by molar-refractivity contribution is 0.0915. The van der Waals surface area contributed by atoms with Crippen molar-refractivity contribution in [3.63, 3.8) is 0 Å². The molecule has 2 unspecified atom stereocenters. The monoisotopic (exact) mass is 438 g/mol. The summed E-state index contributed by atoms with van der Waals surface area (Å²) in [6.45, 7) is 9.88. The SMILES string of the molecule is CC(c1nnc(-c2cccs2)o1)N1CCCC(CN2CCN(c3ccccn3)CC2)C1. The molecule has 0 amide bonds. The zero-order valence-corrected chi connectivity index (χ0v) is 18.9. The van der Waals surface area contributed by atoms with Crippen molar-refractivity contribution in [2.24, 2.45) is 5.92 Å². The number of thiophene rings is 1. The average molecular weight is 439 g/mol. The number of anilines is 1. The number of aromatic nitrogens is 3. The summed E-state index contributed by atoms with van der Waals surface area (Å²) in [7, 11) is 0. The molecule has 0 spiro atoms. The molecule has 0 radical (unpaired) electrons. The Bertz CT molecular complexity index is 938. The Morgan fingerprint density at radius 1 is 1.10 bits per heavy atom. The number of piperazine rings is 1. The second kappa shape index (κ2) is 9.46. The van der Waals surface area contributed by atoms with Crippen molar-refractivity contribution in [1.82, 2.24) is 25.0 Å². The summed E-state index contributed by atoms with van der Waals surface area (Å²) >= 11 is 1.63. The molecule has 8 heteroatoms. The topological polar surface area (TPSA) is 61.5 Å². The van der Waals surface area contributed by atoms with E-state index in [1.165, 1.54) is 19.4 Å². The van der Waals surface area contributed by atoms with E-state index in [-0.39, 0.29) is 6.04 Å². The van der Waals surface area contributed by atoms with E-state index in [0.29, 0.717) is 11.8 Å². The molecule has 5 heterocycles. The fourth-order valence-corrected chi connectivity index (χ4v) is 5.37. The zero-order valence-electron chi connectivity index (χ0n) is 18.1. The maximum atomic E-state index is 6.01. The van der Waals surface area contributed by atoms with Gasteiger partial charge in [-0.25, -0.2) is 4.98 Å². The van der Waals surface area contributed by atoms with Crippen LogP contribution < -0.4 is 4.90 Å². The Kier molecular flexibility index (Phi) is 6.29. The summed E-state index contributed by atoms with van der Waals surface area (Å²) in [6, 6.07) is 10.4. The minimum atomic E-state index is 0.157. The highest BCUT2D eigenvalue weighted by atomic mass is 32.1. The van der Waals surface area contributed by atoms with E-state index >= 15 is 0 Å². The van der Waals surface area contributed by atoms with E-state index in [2.05, 4.69) is 48.9 Å². The number of nitrogens with zero attached hydrogens (tertiary/aromatic N) is 6. The Labute approximate surface area is 187 Å². The maximum Gasteiger partial charge on any atom is 0.257 e. The van der Waals surface area contributed by atoms with Crippen LogP contribution in [0.2, 0.25) is 0 Å². The van der Waals surface area contributed by atoms with Crippen molar-refractivity contribution < 1.29 is 4.42 Å². The van der Waals surface area contributed by atoms with Crippen LogP contribution in [-0.4, -0.2) is 70.8 Å². The molecule has 0 aliphatic carbocycles. The summed E-state index contributed by atoms with van der Waals surface area (Å²) in [6.07, 6.45) is 4.41. The molecule has 2 aliphatic heterocycles. The van der Waals surface area contributed by atoms with Crippen LogP contribution in [0.4, 0.5) is 5.82 Å². The molecule has 0 aromatic carbocycles. The van der Waals surface area contributed by atoms with Gasteiger partial charge in [0, 0.05) is 45.5 Å². The quantitative estimate of drug-likeness (QED) is 0.580. The van der Waals surface area contributed by atoms with Gasteiger partial charge in [0.2, 0.25) is 5.89 Å². The van der Waals surface area contributed by atoms with E-state index in [1.807, 2.05) is 29.8 Å². The summed E-state index contributed by atoms with van der Waals surface area (Å²) in [5.41, 5.74) is 0. The van der Waals surface area contributed by atoms with Crippen molar-refractivity contribution in [1.29, 1.82) is 0 Å². The average Bonchev–Trinajstić information content (AvgIpc) is 3.52. The van der Waals surface area contributed by atoms with Gasteiger partial charge >= 0.3 is 0 Å². The van der Waals surface area contributed by atoms with Gasteiger partial charge < -0.3 is 9.32 Å². The van der Waals surface area contributed by atoms with Gasteiger partial charge in [-0.3, -0.25) is 9.80 Å². The van der Waals surface area contributed by atoms with Gasteiger partial charge in [-0.05, 0) is 55.8 Å². The molecule has 5 rings (SSSR count). The van der Waals surface area contributed by atoms with Crippen LogP contribution in [-0.2, 0) is 0 Å². The highest BCUT2D eigenvalue weighted by molar-refractivity contribution is 7.13. The molecule has 0 bridgehead atoms. The number of likely N-dealkylation sites (tertiary alicyclic amines) is 1. The van der Waals surface area contributed by atoms with Crippen molar-refractivity contribution in [2.45, 2.75) is 25.8 Å². The third-order valence-electron chi connectivity index (χ3n) is 6.49. The van der Waals surface area contributed by atoms with Crippen LogP contribution in [0, 0.1) is 5.92 Å². The molecule has 0 saturated carbocycles. The van der Waals surface area contributed by atoms with Gasteiger partial charge in [0.15, 0.2) is 0 Å². The van der Waals surface area contributed by atoms with E-state index in [4.69, 9.17) is 4.42 Å². The van der Waals surface area contributed by atoms with Gasteiger partial charge in [-0.15, -0.1) is 21.5 Å². The molecule has 2 saturated heterocycles. The zero-order chi connectivity index (χ0) is 21.0. The third kappa shape index (κ3) is 4.81. The maximum absolute atomic E-state index is 6.01. The van der Waals surface area contributed by atoms with Gasteiger partial charge in [0.1, 0.15) is 5.82 Å². The van der Waals surface area contributed by atoms with Crippen molar-refractivity contribution in [3.8, 4) is 10.8 Å². The van der Waals surface area contributed by atoms with Crippen LogP contribution in [0.15, 0.2) is 46.3 Å².